The molecule has 1 aliphatic heterocycles. The molecule has 56 heavy (non-hydrogen) atoms. The van der Waals surface area contributed by atoms with E-state index >= 15 is 0 Å². The van der Waals surface area contributed by atoms with E-state index in [2.05, 4.69) is 156 Å². The molecule has 266 valence electrons. The fourth-order valence-electron chi connectivity index (χ4n) is 8.50. The van der Waals surface area contributed by atoms with Gasteiger partial charge in [0.05, 0.1) is 38.7 Å². The van der Waals surface area contributed by atoms with E-state index < -0.39 is 0 Å². The van der Waals surface area contributed by atoms with E-state index in [1.165, 1.54) is 44.6 Å². The van der Waals surface area contributed by atoms with E-state index in [-0.39, 0.29) is 0 Å². The van der Waals surface area contributed by atoms with Crippen LogP contribution in [0.2, 0.25) is 0 Å². The second-order valence-corrected chi connectivity index (χ2v) is 14.5. The van der Waals surface area contributed by atoms with Gasteiger partial charge in [-0.2, -0.15) is 0 Å². The van der Waals surface area contributed by atoms with Crippen LogP contribution in [0.4, 0.5) is 0 Å². The van der Waals surface area contributed by atoms with Crippen molar-refractivity contribution in [2.24, 2.45) is 0 Å². The van der Waals surface area contributed by atoms with Crippen LogP contribution in [-0.4, -0.2) is 19.1 Å². The molecule has 0 spiro atoms. The molecule has 3 aromatic heterocycles. The first-order valence-electron chi connectivity index (χ1n) is 19.3. The lowest BCUT2D eigenvalue weighted by Crippen LogP contribution is -2.06. The van der Waals surface area contributed by atoms with Gasteiger partial charge in [0, 0.05) is 32.8 Å². The fraction of sp³-hybridized carbons (Fsp3) is 0.0588. The lowest BCUT2D eigenvalue weighted by atomic mass is 10.00. The molecule has 0 unspecified atom stereocenters. The topological polar surface area (TPSA) is 44.9 Å². The van der Waals surface area contributed by atoms with Gasteiger partial charge in [-0.15, -0.1) is 0 Å². The third kappa shape index (κ3) is 4.87. The minimum Gasteiger partial charge on any atom is -0.456 e. The number of nitrogens with zero attached hydrogens (tertiary/aromatic N) is 4. The minimum atomic E-state index is 0.641. The number of hydrogen-bond donors (Lipinski definition) is 0. The number of fused-ring (bicyclic) bond motifs is 9. The van der Waals surface area contributed by atoms with Crippen LogP contribution in [0.15, 0.2) is 170 Å². The number of benzene rings is 8. The van der Waals surface area contributed by atoms with Crippen molar-refractivity contribution >= 4 is 65.3 Å². The van der Waals surface area contributed by atoms with Gasteiger partial charge in [-0.1, -0.05) is 111 Å². The number of rotatable bonds is 3. The smallest absolute Gasteiger partial charge is 0.235 e. The van der Waals surface area contributed by atoms with Crippen LogP contribution in [0.1, 0.15) is 20.3 Å². The van der Waals surface area contributed by atoms with Crippen molar-refractivity contribution < 1.29 is 4.74 Å². The Balaban J connectivity index is 0.00000118. The Labute approximate surface area is 323 Å². The van der Waals surface area contributed by atoms with Gasteiger partial charge in [-0.3, -0.25) is 4.57 Å². The normalized spacial score (nSPS) is 12.0. The molecule has 0 aliphatic carbocycles. The van der Waals surface area contributed by atoms with Crippen molar-refractivity contribution in [1.82, 2.24) is 19.1 Å². The quantitative estimate of drug-likeness (QED) is 0.183. The maximum Gasteiger partial charge on any atom is 0.235 e. The summed E-state index contributed by atoms with van der Waals surface area (Å²) in [4.78, 5) is 10.4. The Morgan fingerprint density at radius 2 is 1.07 bits per heavy atom. The Morgan fingerprint density at radius 3 is 1.88 bits per heavy atom. The van der Waals surface area contributed by atoms with E-state index in [1.807, 2.05) is 36.4 Å². The van der Waals surface area contributed by atoms with Crippen molar-refractivity contribution in [1.29, 1.82) is 0 Å². The molecular formula is C51H36N4O. The zero-order valence-electron chi connectivity index (χ0n) is 31.1. The number of hydrogen-bond acceptors (Lipinski definition) is 3. The molecule has 0 N–H and O–H groups in total. The highest BCUT2D eigenvalue weighted by Gasteiger charge is 2.24. The SMILES string of the molecule is CCC.c1ccc(-n2c3ccc(-c4ccc5c(c4)c4ccccc4n5-c4nc5c6c(cccc6n4)Oc4ccccc4-5)cc3c3cc4ccccc4cc32)cc1. The van der Waals surface area contributed by atoms with E-state index in [1.54, 1.807) is 0 Å². The highest BCUT2D eigenvalue weighted by molar-refractivity contribution is 6.15. The lowest BCUT2D eigenvalue weighted by Gasteiger charge is -2.20. The first-order chi connectivity index (χ1) is 27.7. The number of para-hydroxylation sites is 3. The van der Waals surface area contributed by atoms with Crippen LogP contribution in [-0.2, 0) is 0 Å². The summed E-state index contributed by atoms with van der Waals surface area (Å²) in [6.07, 6.45) is 1.25. The van der Waals surface area contributed by atoms with Crippen molar-refractivity contribution in [2.45, 2.75) is 20.3 Å². The standard InChI is InChI=1S/C48H28N4O.C3H8/c1-2-13-33(14-3-1)51-41-23-21-32(27-37(41)38-25-29-11-4-5-12-30(29)28-43(38)51)31-22-24-42-36(26-31)34-15-6-8-18-40(34)52(42)48-49-39-17-10-20-45-46(39)47(50-48)35-16-7-9-19-44(35)53-45;1-3-2/h1-28H;3H2,1-2H3. The summed E-state index contributed by atoms with van der Waals surface area (Å²) in [6, 6.07) is 60.3. The molecule has 0 fully saturated rings. The highest BCUT2D eigenvalue weighted by Crippen LogP contribution is 2.46. The maximum absolute atomic E-state index is 6.28. The van der Waals surface area contributed by atoms with Crippen LogP contribution in [0.5, 0.6) is 11.5 Å². The first-order valence-corrected chi connectivity index (χ1v) is 19.3. The zero-order valence-corrected chi connectivity index (χ0v) is 31.1. The Morgan fingerprint density at radius 1 is 0.464 bits per heavy atom. The molecule has 0 saturated carbocycles. The molecule has 5 heteroatoms. The third-order valence-electron chi connectivity index (χ3n) is 10.9. The van der Waals surface area contributed by atoms with Gasteiger partial charge < -0.3 is 9.30 Å². The minimum absolute atomic E-state index is 0.641. The highest BCUT2D eigenvalue weighted by atomic mass is 16.5. The molecule has 0 saturated heterocycles. The number of ether oxygens (including phenoxy) is 1. The summed E-state index contributed by atoms with van der Waals surface area (Å²) in [5.41, 5.74) is 10.7. The van der Waals surface area contributed by atoms with E-state index in [0.717, 1.165) is 66.7 Å². The van der Waals surface area contributed by atoms with Crippen LogP contribution in [0.25, 0.3) is 99.3 Å². The summed E-state index contributed by atoms with van der Waals surface area (Å²) in [5, 5.41) is 8.21. The average molecular weight is 721 g/mol. The fourth-order valence-corrected chi connectivity index (χ4v) is 8.50. The Bertz CT molecular complexity index is 3340. The predicted octanol–water partition coefficient (Wildman–Crippen LogP) is 13.8. The van der Waals surface area contributed by atoms with E-state index in [9.17, 15) is 0 Å². The molecule has 5 nitrogen and oxygen atoms in total. The van der Waals surface area contributed by atoms with Gasteiger partial charge in [0.15, 0.2) is 0 Å². The van der Waals surface area contributed by atoms with Crippen molar-refractivity contribution in [3.63, 3.8) is 0 Å². The Hall–Kier alpha value is -7.24. The maximum atomic E-state index is 6.28. The summed E-state index contributed by atoms with van der Waals surface area (Å²) in [7, 11) is 0. The number of aromatic nitrogens is 4. The molecule has 0 amide bonds. The summed E-state index contributed by atoms with van der Waals surface area (Å²) >= 11 is 0. The summed E-state index contributed by atoms with van der Waals surface area (Å²) in [5.74, 6) is 2.23. The van der Waals surface area contributed by atoms with Crippen molar-refractivity contribution in [3.05, 3.63) is 170 Å². The molecule has 8 aromatic carbocycles. The largest absolute Gasteiger partial charge is 0.456 e. The van der Waals surface area contributed by atoms with Crippen LogP contribution in [0, 0.1) is 0 Å². The first kappa shape index (κ1) is 32.2. The van der Waals surface area contributed by atoms with Crippen LogP contribution in [0.3, 0.4) is 0 Å². The zero-order chi connectivity index (χ0) is 37.3. The second kappa shape index (κ2) is 12.7. The lowest BCUT2D eigenvalue weighted by molar-refractivity contribution is 0.486. The third-order valence-corrected chi connectivity index (χ3v) is 10.9. The van der Waals surface area contributed by atoms with Gasteiger partial charge in [-0.25, -0.2) is 9.97 Å². The van der Waals surface area contributed by atoms with E-state index in [4.69, 9.17) is 14.7 Å². The van der Waals surface area contributed by atoms with Crippen molar-refractivity contribution in [2.75, 3.05) is 0 Å². The van der Waals surface area contributed by atoms with Gasteiger partial charge in [0.2, 0.25) is 5.95 Å². The average Bonchev–Trinajstić information content (AvgIpc) is 3.75. The van der Waals surface area contributed by atoms with Gasteiger partial charge in [0.1, 0.15) is 11.5 Å². The molecular weight excluding hydrogens is 685 g/mol. The van der Waals surface area contributed by atoms with E-state index in [0.29, 0.717) is 5.95 Å². The van der Waals surface area contributed by atoms with Crippen LogP contribution >= 0.6 is 0 Å². The monoisotopic (exact) mass is 720 g/mol. The predicted molar refractivity (Wildman–Crippen MR) is 233 cm³/mol. The molecule has 12 rings (SSSR count). The summed E-state index contributed by atoms with van der Waals surface area (Å²) in [6.45, 7) is 4.25. The molecule has 0 radical (unpaired) electrons. The van der Waals surface area contributed by atoms with Gasteiger partial charge in [0.25, 0.3) is 0 Å². The van der Waals surface area contributed by atoms with Gasteiger partial charge in [-0.05, 0) is 101 Å². The molecule has 11 aromatic rings. The molecule has 4 heterocycles. The molecule has 0 atom stereocenters. The molecule has 0 bridgehead atoms. The molecule has 1 aliphatic rings. The summed E-state index contributed by atoms with van der Waals surface area (Å²) < 4.78 is 10.9. The Kier molecular flexibility index (Phi) is 7.29. The van der Waals surface area contributed by atoms with Gasteiger partial charge >= 0.3 is 0 Å². The second-order valence-electron chi connectivity index (χ2n) is 14.5. The van der Waals surface area contributed by atoms with Crippen molar-refractivity contribution in [3.8, 4) is 45.5 Å². The van der Waals surface area contributed by atoms with Crippen LogP contribution < -0.4 is 4.74 Å².